The molecule has 1 aromatic rings. The number of nitrogens with two attached hydrogens (primary N) is 1. The quantitative estimate of drug-likeness (QED) is 0.670. The maximum Gasteiger partial charge on any atom is 0.313 e. The maximum atomic E-state index is 10.3. The highest BCUT2D eigenvalue weighted by Gasteiger charge is 2.09. The third kappa shape index (κ3) is 2.35. The van der Waals surface area contributed by atoms with Gasteiger partial charge in [0.15, 0.2) is 5.16 Å². The molecule has 0 radical (unpaired) electrons. The summed E-state index contributed by atoms with van der Waals surface area (Å²) in [5.41, 5.74) is 5.49. The molecule has 6 nitrogen and oxygen atoms in total. The lowest BCUT2D eigenvalue weighted by atomic mass is 10.7. The number of hydrogen-bond donors (Lipinski definition) is 2. The number of thioether (sulfide) groups is 1. The molecule has 72 valence electrons. The molecular weight excluding hydrogens is 192 g/mol. The second kappa shape index (κ2) is 4.13. The summed E-state index contributed by atoms with van der Waals surface area (Å²) in [4.78, 5) is 10.3. The highest BCUT2D eigenvalue weighted by atomic mass is 32.2. The van der Waals surface area contributed by atoms with Gasteiger partial charge in [0.25, 0.3) is 0 Å². The number of aliphatic carboxylic acids is 1. The molecule has 0 atom stereocenters. The predicted molar refractivity (Wildman–Crippen MR) is 48.5 cm³/mol. The van der Waals surface area contributed by atoms with Crippen molar-refractivity contribution in [2.45, 2.75) is 18.6 Å². The first-order valence-corrected chi connectivity index (χ1v) is 4.67. The van der Waals surface area contributed by atoms with E-state index in [1.54, 1.807) is 4.57 Å². The van der Waals surface area contributed by atoms with E-state index < -0.39 is 5.97 Å². The Morgan fingerprint density at radius 2 is 2.38 bits per heavy atom. The summed E-state index contributed by atoms with van der Waals surface area (Å²) in [6, 6.07) is 0. The third-order valence-electron chi connectivity index (χ3n) is 1.39. The molecule has 0 saturated carbocycles. The van der Waals surface area contributed by atoms with Gasteiger partial charge in [0.1, 0.15) is 0 Å². The zero-order valence-corrected chi connectivity index (χ0v) is 7.91. The Morgan fingerprint density at radius 1 is 1.69 bits per heavy atom. The first-order chi connectivity index (χ1) is 6.15. The Bertz CT molecular complexity index is 312. The lowest BCUT2D eigenvalue weighted by Crippen LogP contribution is -2.04. The van der Waals surface area contributed by atoms with E-state index in [-0.39, 0.29) is 5.75 Å². The number of aromatic nitrogens is 3. The fourth-order valence-corrected chi connectivity index (χ4v) is 1.56. The molecule has 0 aliphatic heterocycles. The zero-order valence-electron chi connectivity index (χ0n) is 7.10. The lowest BCUT2D eigenvalue weighted by molar-refractivity contribution is -0.133. The van der Waals surface area contributed by atoms with E-state index in [1.807, 2.05) is 6.92 Å². The van der Waals surface area contributed by atoms with E-state index >= 15 is 0 Å². The number of carboxylic acid groups (broad SMARTS) is 1. The van der Waals surface area contributed by atoms with Crippen LogP contribution in [-0.4, -0.2) is 31.6 Å². The van der Waals surface area contributed by atoms with Crippen molar-refractivity contribution in [1.29, 1.82) is 0 Å². The van der Waals surface area contributed by atoms with Gasteiger partial charge in [-0.25, -0.2) is 0 Å². The molecule has 0 aliphatic carbocycles. The van der Waals surface area contributed by atoms with Crippen LogP contribution in [-0.2, 0) is 11.3 Å². The van der Waals surface area contributed by atoms with Gasteiger partial charge in [-0.1, -0.05) is 11.8 Å². The van der Waals surface area contributed by atoms with Crippen LogP contribution in [0.2, 0.25) is 0 Å². The minimum atomic E-state index is -0.880. The van der Waals surface area contributed by atoms with Gasteiger partial charge in [0.05, 0.1) is 5.75 Å². The van der Waals surface area contributed by atoms with Crippen molar-refractivity contribution in [2.24, 2.45) is 0 Å². The summed E-state index contributed by atoms with van der Waals surface area (Å²) in [6.45, 7) is 2.53. The highest BCUT2D eigenvalue weighted by molar-refractivity contribution is 7.99. The number of hydrogen-bond acceptors (Lipinski definition) is 5. The van der Waals surface area contributed by atoms with Crippen LogP contribution < -0.4 is 5.73 Å². The van der Waals surface area contributed by atoms with E-state index in [9.17, 15) is 4.79 Å². The Kier molecular flexibility index (Phi) is 3.13. The molecule has 0 fully saturated rings. The smallest absolute Gasteiger partial charge is 0.313 e. The van der Waals surface area contributed by atoms with Gasteiger partial charge in [-0.05, 0) is 6.92 Å². The SMILES string of the molecule is CCn1c(N)nnc1SCC(=O)O. The van der Waals surface area contributed by atoms with Gasteiger partial charge >= 0.3 is 5.97 Å². The van der Waals surface area contributed by atoms with Gasteiger partial charge < -0.3 is 10.8 Å². The van der Waals surface area contributed by atoms with Crippen LogP contribution in [0.3, 0.4) is 0 Å². The van der Waals surface area contributed by atoms with Crippen molar-refractivity contribution in [3.8, 4) is 0 Å². The summed E-state index contributed by atoms with van der Waals surface area (Å²) in [5.74, 6) is -0.595. The summed E-state index contributed by atoms with van der Waals surface area (Å²) < 4.78 is 1.66. The third-order valence-corrected chi connectivity index (χ3v) is 2.34. The Morgan fingerprint density at radius 3 is 2.92 bits per heavy atom. The van der Waals surface area contributed by atoms with E-state index in [2.05, 4.69) is 10.2 Å². The molecule has 1 rings (SSSR count). The number of carboxylic acids is 1. The molecular formula is C6H10N4O2S. The first-order valence-electron chi connectivity index (χ1n) is 3.68. The Labute approximate surface area is 79.1 Å². The van der Waals surface area contributed by atoms with Crippen molar-refractivity contribution >= 4 is 23.7 Å². The van der Waals surface area contributed by atoms with Gasteiger partial charge in [0.2, 0.25) is 5.95 Å². The molecule has 1 aromatic heterocycles. The average molecular weight is 202 g/mol. The number of carbonyl (C=O) groups is 1. The molecule has 0 aliphatic rings. The standard InChI is InChI=1S/C6H10N4O2S/c1-2-10-5(7)8-9-6(10)13-3-4(11)12/h2-3H2,1H3,(H2,7,8)(H,11,12). The minimum Gasteiger partial charge on any atom is -0.481 e. The number of nitrogen functional groups attached to an aromatic ring is 1. The molecule has 1 heterocycles. The first kappa shape index (κ1) is 9.85. The molecule has 13 heavy (non-hydrogen) atoms. The molecule has 0 bridgehead atoms. The maximum absolute atomic E-state index is 10.3. The topological polar surface area (TPSA) is 94.0 Å². The number of anilines is 1. The molecule has 7 heteroatoms. The highest BCUT2D eigenvalue weighted by Crippen LogP contribution is 2.17. The molecule has 0 amide bonds. The Balaban J connectivity index is 2.70. The van der Waals surface area contributed by atoms with Crippen LogP contribution >= 0.6 is 11.8 Å². The van der Waals surface area contributed by atoms with Crippen molar-refractivity contribution < 1.29 is 9.90 Å². The summed E-state index contributed by atoms with van der Waals surface area (Å²) in [6.07, 6.45) is 0. The van der Waals surface area contributed by atoms with Crippen LogP contribution in [0.25, 0.3) is 0 Å². The summed E-state index contributed by atoms with van der Waals surface area (Å²) in [7, 11) is 0. The van der Waals surface area contributed by atoms with Gasteiger partial charge in [-0.15, -0.1) is 10.2 Å². The van der Waals surface area contributed by atoms with Crippen molar-refractivity contribution in [1.82, 2.24) is 14.8 Å². The molecule has 0 saturated heterocycles. The van der Waals surface area contributed by atoms with Crippen molar-refractivity contribution in [3.05, 3.63) is 0 Å². The van der Waals surface area contributed by atoms with Crippen molar-refractivity contribution in [3.63, 3.8) is 0 Å². The van der Waals surface area contributed by atoms with Crippen LogP contribution in [0.4, 0.5) is 5.95 Å². The van der Waals surface area contributed by atoms with Crippen LogP contribution in [0.15, 0.2) is 5.16 Å². The van der Waals surface area contributed by atoms with Crippen LogP contribution in [0, 0.1) is 0 Å². The minimum absolute atomic E-state index is 0.0296. The number of rotatable bonds is 4. The normalized spacial score (nSPS) is 10.2. The van der Waals surface area contributed by atoms with Gasteiger partial charge in [0, 0.05) is 6.54 Å². The van der Waals surface area contributed by atoms with Gasteiger partial charge in [-0.2, -0.15) is 0 Å². The van der Waals surface area contributed by atoms with E-state index in [4.69, 9.17) is 10.8 Å². The lowest BCUT2D eigenvalue weighted by Gasteiger charge is -2.01. The van der Waals surface area contributed by atoms with E-state index in [1.165, 1.54) is 0 Å². The van der Waals surface area contributed by atoms with Crippen LogP contribution in [0.5, 0.6) is 0 Å². The summed E-state index contributed by atoms with van der Waals surface area (Å²) >= 11 is 1.11. The monoisotopic (exact) mass is 202 g/mol. The summed E-state index contributed by atoms with van der Waals surface area (Å²) in [5, 5.41) is 16.4. The number of nitrogens with zero attached hydrogens (tertiary/aromatic N) is 3. The molecule has 0 aromatic carbocycles. The van der Waals surface area contributed by atoms with E-state index in [0.29, 0.717) is 17.6 Å². The molecule has 3 N–H and O–H groups in total. The van der Waals surface area contributed by atoms with E-state index in [0.717, 1.165) is 11.8 Å². The second-order valence-corrected chi connectivity index (χ2v) is 3.21. The molecule has 0 unspecified atom stereocenters. The largest absolute Gasteiger partial charge is 0.481 e. The average Bonchev–Trinajstić information content (AvgIpc) is 2.42. The zero-order chi connectivity index (χ0) is 9.84. The molecule has 0 spiro atoms. The Hall–Kier alpha value is -1.24. The van der Waals surface area contributed by atoms with Gasteiger partial charge in [-0.3, -0.25) is 9.36 Å². The fourth-order valence-electron chi connectivity index (χ4n) is 0.830. The predicted octanol–water partition coefficient (Wildman–Crippen LogP) is 0.0569. The fraction of sp³-hybridized carbons (Fsp3) is 0.500. The second-order valence-electron chi connectivity index (χ2n) is 2.27. The van der Waals surface area contributed by atoms with Crippen molar-refractivity contribution in [2.75, 3.05) is 11.5 Å². The van der Waals surface area contributed by atoms with Crippen LogP contribution in [0.1, 0.15) is 6.92 Å².